The summed E-state index contributed by atoms with van der Waals surface area (Å²) in [6.45, 7) is 4.14. The van der Waals surface area contributed by atoms with E-state index in [0.29, 0.717) is 11.7 Å². The summed E-state index contributed by atoms with van der Waals surface area (Å²) >= 11 is 0. The molecule has 1 aromatic rings. The van der Waals surface area contributed by atoms with Crippen LogP contribution in [0.1, 0.15) is 36.8 Å². The Labute approximate surface area is 77.7 Å². The topological polar surface area (TPSA) is 60.0 Å². The van der Waals surface area contributed by atoms with Gasteiger partial charge < -0.3 is 4.57 Å². The van der Waals surface area contributed by atoms with Crippen molar-refractivity contribution in [3.8, 4) is 0 Å². The summed E-state index contributed by atoms with van der Waals surface area (Å²) in [6.07, 6.45) is 2.87. The molecule has 0 radical (unpaired) electrons. The molecule has 0 saturated carbocycles. The van der Waals surface area contributed by atoms with Gasteiger partial charge in [0.05, 0.1) is 0 Å². The highest BCUT2D eigenvalue weighted by molar-refractivity contribution is 5.92. The minimum atomic E-state index is -0.245. The second kappa shape index (κ2) is 4.09. The standard InChI is InChI=1S/C9H15N3O/c1-3-7(2)12-6-4-5-8(12)9(13)11-10/h4-7H,3,10H2,1-2H3,(H,11,13). The summed E-state index contributed by atoms with van der Waals surface area (Å²) in [6, 6.07) is 3.92. The number of nitrogens with two attached hydrogens (primary N) is 1. The summed E-state index contributed by atoms with van der Waals surface area (Å²) in [4.78, 5) is 11.3. The van der Waals surface area contributed by atoms with E-state index >= 15 is 0 Å². The number of hydrazine groups is 1. The first-order valence-electron chi connectivity index (χ1n) is 4.38. The Balaban J connectivity index is 2.95. The molecule has 13 heavy (non-hydrogen) atoms. The second-order valence-corrected chi connectivity index (χ2v) is 3.03. The molecule has 0 aromatic carbocycles. The molecule has 1 amide bonds. The van der Waals surface area contributed by atoms with Gasteiger partial charge in [0.15, 0.2) is 0 Å². The van der Waals surface area contributed by atoms with Crippen LogP contribution < -0.4 is 11.3 Å². The third-order valence-electron chi connectivity index (χ3n) is 2.21. The summed E-state index contributed by atoms with van der Waals surface area (Å²) in [5.74, 6) is 4.82. The first-order chi connectivity index (χ1) is 6.20. The van der Waals surface area contributed by atoms with Crippen LogP contribution in [0.25, 0.3) is 0 Å². The predicted molar refractivity (Wildman–Crippen MR) is 51.1 cm³/mol. The van der Waals surface area contributed by atoms with Crippen molar-refractivity contribution < 1.29 is 4.79 Å². The van der Waals surface area contributed by atoms with Gasteiger partial charge in [-0.3, -0.25) is 10.2 Å². The van der Waals surface area contributed by atoms with Gasteiger partial charge in [-0.05, 0) is 25.5 Å². The van der Waals surface area contributed by atoms with Crippen molar-refractivity contribution in [2.75, 3.05) is 0 Å². The highest BCUT2D eigenvalue weighted by Crippen LogP contribution is 2.14. The number of rotatable bonds is 3. The van der Waals surface area contributed by atoms with Gasteiger partial charge in [-0.1, -0.05) is 6.92 Å². The average molecular weight is 181 g/mol. The molecule has 0 fully saturated rings. The van der Waals surface area contributed by atoms with E-state index in [1.165, 1.54) is 0 Å². The molecule has 0 aliphatic carbocycles. The van der Waals surface area contributed by atoms with E-state index in [-0.39, 0.29) is 5.91 Å². The SMILES string of the molecule is CCC(C)n1cccc1C(=O)NN. The zero-order valence-electron chi connectivity index (χ0n) is 7.95. The van der Waals surface area contributed by atoms with Gasteiger partial charge in [0.1, 0.15) is 5.69 Å². The van der Waals surface area contributed by atoms with Crippen LogP contribution in [-0.4, -0.2) is 10.5 Å². The molecule has 1 aromatic heterocycles. The number of nitrogen functional groups attached to an aromatic ring is 1. The van der Waals surface area contributed by atoms with Crippen LogP contribution in [-0.2, 0) is 0 Å². The van der Waals surface area contributed by atoms with Crippen LogP contribution in [0, 0.1) is 0 Å². The number of amides is 1. The van der Waals surface area contributed by atoms with Crippen LogP contribution in [0.4, 0.5) is 0 Å². The zero-order valence-corrected chi connectivity index (χ0v) is 7.95. The maximum Gasteiger partial charge on any atom is 0.281 e. The first kappa shape index (κ1) is 9.80. The number of aromatic nitrogens is 1. The maximum absolute atomic E-state index is 11.3. The van der Waals surface area contributed by atoms with Gasteiger partial charge >= 0.3 is 0 Å². The lowest BCUT2D eigenvalue weighted by molar-refractivity contribution is 0.0942. The van der Waals surface area contributed by atoms with Gasteiger partial charge in [0.25, 0.3) is 5.91 Å². The Bertz CT molecular complexity index is 293. The van der Waals surface area contributed by atoms with Crippen molar-refractivity contribution in [2.45, 2.75) is 26.3 Å². The fraction of sp³-hybridized carbons (Fsp3) is 0.444. The molecular weight excluding hydrogens is 166 g/mol. The summed E-state index contributed by atoms with van der Waals surface area (Å²) in [7, 11) is 0. The zero-order chi connectivity index (χ0) is 9.84. The monoisotopic (exact) mass is 181 g/mol. The van der Waals surface area contributed by atoms with Crippen molar-refractivity contribution in [3.05, 3.63) is 24.0 Å². The number of nitrogens with zero attached hydrogens (tertiary/aromatic N) is 1. The van der Waals surface area contributed by atoms with E-state index in [2.05, 4.69) is 19.3 Å². The van der Waals surface area contributed by atoms with Crippen molar-refractivity contribution in [1.29, 1.82) is 0 Å². The van der Waals surface area contributed by atoms with Crippen molar-refractivity contribution >= 4 is 5.91 Å². The summed E-state index contributed by atoms with van der Waals surface area (Å²) < 4.78 is 1.92. The van der Waals surface area contributed by atoms with Crippen LogP contribution in [0.15, 0.2) is 18.3 Å². The number of hydrogen-bond donors (Lipinski definition) is 2. The Morgan fingerprint density at radius 2 is 2.46 bits per heavy atom. The third kappa shape index (κ3) is 1.89. The molecule has 3 N–H and O–H groups in total. The highest BCUT2D eigenvalue weighted by Gasteiger charge is 2.11. The smallest absolute Gasteiger partial charge is 0.281 e. The number of nitrogens with one attached hydrogen (secondary N) is 1. The lowest BCUT2D eigenvalue weighted by Gasteiger charge is -2.14. The fourth-order valence-electron chi connectivity index (χ4n) is 1.24. The number of carbonyl (C=O) groups excluding carboxylic acids is 1. The van der Waals surface area contributed by atoms with Crippen LogP contribution in [0.2, 0.25) is 0 Å². The van der Waals surface area contributed by atoms with Crippen molar-refractivity contribution in [2.24, 2.45) is 5.84 Å². The second-order valence-electron chi connectivity index (χ2n) is 3.03. The molecule has 0 bridgehead atoms. The third-order valence-corrected chi connectivity index (χ3v) is 2.21. The normalized spacial score (nSPS) is 12.5. The van der Waals surface area contributed by atoms with E-state index in [1.54, 1.807) is 6.07 Å². The Morgan fingerprint density at radius 3 is 3.00 bits per heavy atom. The van der Waals surface area contributed by atoms with Crippen LogP contribution in [0.5, 0.6) is 0 Å². The van der Waals surface area contributed by atoms with E-state index in [1.807, 2.05) is 16.8 Å². The Morgan fingerprint density at radius 1 is 1.77 bits per heavy atom. The molecule has 1 heterocycles. The van der Waals surface area contributed by atoms with Gasteiger partial charge in [-0.2, -0.15) is 0 Å². The van der Waals surface area contributed by atoms with Crippen LogP contribution >= 0.6 is 0 Å². The molecule has 4 nitrogen and oxygen atoms in total. The van der Waals surface area contributed by atoms with Crippen LogP contribution in [0.3, 0.4) is 0 Å². The van der Waals surface area contributed by atoms with Gasteiger partial charge in [0.2, 0.25) is 0 Å². The maximum atomic E-state index is 11.3. The van der Waals surface area contributed by atoms with E-state index in [0.717, 1.165) is 6.42 Å². The minimum Gasteiger partial charge on any atom is -0.341 e. The Kier molecular flexibility index (Phi) is 3.08. The van der Waals surface area contributed by atoms with Crippen molar-refractivity contribution in [3.63, 3.8) is 0 Å². The van der Waals surface area contributed by atoms with Gasteiger partial charge in [-0.15, -0.1) is 0 Å². The first-order valence-corrected chi connectivity index (χ1v) is 4.38. The number of carbonyl (C=O) groups is 1. The lowest BCUT2D eigenvalue weighted by atomic mass is 10.2. The molecule has 1 unspecified atom stereocenters. The largest absolute Gasteiger partial charge is 0.341 e. The molecule has 0 saturated heterocycles. The number of hydrogen-bond acceptors (Lipinski definition) is 2. The molecular formula is C9H15N3O. The highest BCUT2D eigenvalue weighted by atomic mass is 16.2. The fourth-order valence-corrected chi connectivity index (χ4v) is 1.24. The molecule has 72 valence electrons. The molecule has 0 spiro atoms. The quantitative estimate of drug-likeness (QED) is 0.416. The molecule has 1 atom stereocenters. The lowest BCUT2D eigenvalue weighted by Crippen LogP contribution is -2.32. The van der Waals surface area contributed by atoms with Crippen molar-refractivity contribution in [1.82, 2.24) is 9.99 Å². The van der Waals surface area contributed by atoms with E-state index < -0.39 is 0 Å². The van der Waals surface area contributed by atoms with E-state index in [9.17, 15) is 4.79 Å². The van der Waals surface area contributed by atoms with E-state index in [4.69, 9.17) is 5.84 Å². The summed E-state index contributed by atoms with van der Waals surface area (Å²) in [5, 5.41) is 0. The molecule has 4 heteroatoms. The van der Waals surface area contributed by atoms with Gasteiger partial charge in [0, 0.05) is 12.2 Å². The molecule has 0 aliphatic heterocycles. The minimum absolute atomic E-state index is 0.245. The molecule has 1 rings (SSSR count). The Hall–Kier alpha value is -1.29. The predicted octanol–water partition coefficient (Wildman–Crippen LogP) is 1.06. The average Bonchev–Trinajstić information content (AvgIpc) is 2.63. The molecule has 0 aliphatic rings. The van der Waals surface area contributed by atoms with Gasteiger partial charge in [-0.25, -0.2) is 5.84 Å². The summed E-state index contributed by atoms with van der Waals surface area (Å²) in [5.41, 5.74) is 2.74.